The van der Waals surface area contributed by atoms with Crippen LogP contribution in [0.3, 0.4) is 0 Å². The first kappa shape index (κ1) is 10.5. The first-order chi connectivity index (χ1) is 2.91. The largest absolute Gasteiger partial charge is 1.00 e. The second-order valence-corrected chi connectivity index (χ2v) is 1.05. The maximum atomic E-state index is 4.92. The van der Waals surface area contributed by atoms with Crippen LogP contribution in [-0.2, 0) is 4.74 Å². The molecule has 0 atom stereocenters. The van der Waals surface area contributed by atoms with Gasteiger partial charge in [0, 0.05) is 13.2 Å². The van der Waals surface area contributed by atoms with Gasteiger partial charge in [-0.2, -0.15) is 6.42 Å². The average Bonchev–Trinajstić information content (AvgIpc) is 1.61. The van der Waals surface area contributed by atoms with E-state index in [9.17, 15) is 0 Å². The molecule has 0 spiro atoms. The fourth-order valence-electron chi connectivity index (χ4n) is 0.246. The quantitative estimate of drug-likeness (QED) is 0.229. The van der Waals surface area contributed by atoms with Crippen molar-refractivity contribution in [3.8, 4) is 0 Å². The molecule has 0 aliphatic carbocycles. The van der Waals surface area contributed by atoms with E-state index >= 15 is 0 Å². The molecule has 7 heavy (non-hydrogen) atoms. The van der Waals surface area contributed by atoms with Crippen LogP contribution in [0.5, 0.6) is 0 Å². The summed E-state index contributed by atoms with van der Waals surface area (Å²) in [4.78, 5) is 0. The molecule has 0 saturated carbocycles. The molecule has 2 heteroatoms. The summed E-state index contributed by atoms with van der Waals surface area (Å²) in [7, 11) is 0. The van der Waals surface area contributed by atoms with Crippen LogP contribution >= 0.6 is 0 Å². The monoisotopic (exact) mass is 94.1 g/mol. The molecular weight excluding hydrogens is 83.0 g/mol. The van der Waals surface area contributed by atoms with Crippen molar-refractivity contribution in [2.45, 2.75) is 13.3 Å². The first-order valence-corrected chi connectivity index (χ1v) is 2.28. The fourth-order valence-corrected chi connectivity index (χ4v) is 0.246. The predicted octanol–water partition coefficient (Wildman–Crippen LogP) is -1.75. The normalized spacial score (nSPS) is 7.71. The van der Waals surface area contributed by atoms with E-state index in [0.29, 0.717) is 0 Å². The average molecular weight is 94.1 g/mol. The van der Waals surface area contributed by atoms with Crippen LogP contribution < -0.4 is 18.9 Å². The smallest absolute Gasteiger partial charge is 0.384 e. The minimum atomic E-state index is 0. The topological polar surface area (TPSA) is 9.23 Å². The number of hydrogen-bond donors (Lipinski definition) is 0. The molecule has 0 aliphatic rings. The minimum absolute atomic E-state index is 0. The van der Waals surface area contributed by atoms with Crippen LogP contribution in [0.15, 0.2) is 0 Å². The second-order valence-electron chi connectivity index (χ2n) is 1.05. The summed E-state index contributed by atoms with van der Waals surface area (Å²) < 4.78 is 4.92. The van der Waals surface area contributed by atoms with E-state index in [-0.39, 0.29) is 18.9 Å². The van der Waals surface area contributed by atoms with Gasteiger partial charge >= 0.3 is 18.9 Å². The van der Waals surface area contributed by atoms with Crippen molar-refractivity contribution >= 4 is 0 Å². The van der Waals surface area contributed by atoms with Gasteiger partial charge < -0.3 is 11.7 Å². The summed E-state index contributed by atoms with van der Waals surface area (Å²) >= 11 is 0. The molecule has 0 fully saturated rings. The van der Waals surface area contributed by atoms with E-state index in [2.05, 4.69) is 6.92 Å². The van der Waals surface area contributed by atoms with Gasteiger partial charge in [-0.05, 0) is 6.92 Å². The van der Waals surface area contributed by atoms with Crippen molar-refractivity contribution in [1.29, 1.82) is 0 Å². The molecule has 1 nitrogen and oxygen atoms in total. The fraction of sp³-hybridized carbons (Fsp3) is 0.800. The van der Waals surface area contributed by atoms with Crippen LogP contribution in [-0.4, -0.2) is 13.2 Å². The summed E-state index contributed by atoms with van der Waals surface area (Å²) in [6.07, 6.45) is 0.883. The van der Waals surface area contributed by atoms with Crippen LogP contribution in [0.25, 0.3) is 0 Å². The summed E-state index contributed by atoms with van der Waals surface area (Å²) in [6, 6.07) is 0. The van der Waals surface area contributed by atoms with Gasteiger partial charge in [-0.1, -0.05) is 0 Å². The molecule has 0 amide bonds. The van der Waals surface area contributed by atoms with Gasteiger partial charge in [-0.25, -0.2) is 0 Å². The molecule has 0 N–H and O–H groups in total. The molecule has 0 aliphatic heterocycles. The molecule has 0 radical (unpaired) electrons. The molecular formula is C5H11LiO. The van der Waals surface area contributed by atoms with E-state index in [1.54, 1.807) is 0 Å². The van der Waals surface area contributed by atoms with Crippen molar-refractivity contribution in [2.75, 3.05) is 13.2 Å². The maximum absolute atomic E-state index is 4.92. The van der Waals surface area contributed by atoms with Crippen molar-refractivity contribution in [3.63, 3.8) is 0 Å². The van der Waals surface area contributed by atoms with Crippen molar-refractivity contribution < 1.29 is 23.6 Å². The molecule has 0 unspecified atom stereocenters. The van der Waals surface area contributed by atoms with Crippen molar-refractivity contribution in [2.24, 2.45) is 0 Å². The molecule has 0 heterocycles. The Labute approximate surface area is 57.6 Å². The maximum Gasteiger partial charge on any atom is 1.00 e. The van der Waals surface area contributed by atoms with E-state index in [1.165, 1.54) is 0 Å². The second kappa shape index (κ2) is 9.75. The van der Waals surface area contributed by atoms with Crippen LogP contribution in [0.2, 0.25) is 0 Å². The Morgan fingerprint density at radius 1 is 1.57 bits per heavy atom. The molecule has 0 saturated heterocycles. The standard InChI is InChI=1S/C5H11O.Li/c1-3-5-6-4-2;/h1,3-5H2,2H3;/q-1;+1. The minimum Gasteiger partial charge on any atom is -0.384 e. The van der Waals surface area contributed by atoms with Crippen molar-refractivity contribution in [3.05, 3.63) is 6.92 Å². The molecule has 0 aromatic carbocycles. The van der Waals surface area contributed by atoms with Gasteiger partial charge in [0.25, 0.3) is 0 Å². The molecule has 0 aromatic heterocycles. The Morgan fingerprint density at radius 3 is 2.29 bits per heavy atom. The Bertz CT molecular complexity index is 20.0. The summed E-state index contributed by atoms with van der Waals surface area (Å²) in [5.74, 6) is 0. The third-order valence-electron chi connectivity index (χ3n) is 0.493. The van der Waals surface area contributed by atoms with E-state index in [1.807, 2.05) is 6.92 Å². The third-order valence-corrected chi connectivity index (χ3v) is 0.493. The van der Waals surface area contributed by atoms with Crippen LogP contribution in [0.1, 0.15) is 13.3 Å². The van der Waals surface area contributed by atoms with Crippen LogP contribution in [0, 0.1) is 6.92 Å². The Balaban J connectivity index is 0. The summed E-state index contributed by atoms with van der Waals surface area (Å²) in [6.45, 7) is 7.20. The van der Waals surface area contributed by atoms with E-state index in [4.69, 9.17) is 4.74 Å². The predicted molar refractivity (Wildman–Crippen MR) is 26.5 cm³/mol. The Hall–Kier alpha value is 0.557. The number of ether oxygens (including phenoxy) is 1. The molecule has 0 aromatic rings. The number of rotatable bonds is 3. The van der Waals surface area contributed by atoms with E-state index in [0.717, 1.165) is 19.6 Å². The summed E-state index contributed by atoms with van der Waals surface area (Å²) in [5.41, 5.74) is 0. The summed E-state index contributed by atoms with van der Waals surface area (Å²) in [5, 5.41) is 0. The van der Waals surface area contributed by atoms with E-state index < -0.39 is 0 Å². The zero-order valence-electron chi connectivity index (χ0n) is 5.24. The Morgan fingerprint density at radius 2 is 2.14 bits per heavy atom. The van der Waals surface area contributed by atoms with Gasteiger partial charge in [0.1, 0.15) is 0 Å². The van der Waals surface area contributed by atoms with Gasteiger partial charge in [0.05, 0.1) is 0 Å². The molecule has 0 rings (SSSR count). The zero-order chi connectivity index (χ0) is 4.83. The van der Waals surface area contributed by atoms with Gasteiger partial charge in [0.2, 0.25) is 0 Å². The van der Waals surface area contributed by atoms with Gasteiger partial charge in [0.15, 0.2) is 0 Å². The molecule has 38 valence electrons. The number of hydrogen-bond acceptors (Lipinski definition) is 1. The van der Waals surface area contributed by atoms with Gasteiger partial charge in [-0.15, -0.1) is 0 Å². The third kappa shape index (κ3) is 10.8. The Kier molecular flexibility index (Phi) is 14.7. The molecule has 0 bridgehead atoms. The zero-order valence-corrected chi connectivity index (χ0v) is 5.24. The van der Waals surface area contributed by atoms with Crippen LogP contribution in [0.4, 0.5) is 0 Å². The SMILES string of the molecule is [CH2-]CCOCC.[Li+]. The van der Waals surface area contributed by atoms with Crippen molar-refractivity contribution in [1.82, 2.24) is 0 Å². The van der Waals surface area contributed by atoms with Gasteiger partial charge in [-0.3, -0.25) is 0 Å². The first-order valence-electron chi connectivity index (χ1n) is 2.28.